The normalized spacial score (nSPS) is 15.8. The molecule has 1 saturated carbocycles. The molecule has 4 N–H and O–H groups in total. The molecular formula is C42H50N2O4. The summed E-state index contributed by atoms with van der Waals surface area (Å²) in [5.74, 6) is -1.05. The summed E-state index contributed by atoms with van der Waals surface area (Å²) in [5.41, 5.74) is 3.73. The largest absolute Gasteiger partial charge is 0.378 e. The van der Waals surface area contributed by atoms with Gasteiger partial charge in [0.1, 0.15) is 16.6 Å². The number of rotatable bonds is 14. The van der Waals surface area contributed by atoms with Crippen molar-refractivity contribution in [3.05, 3.63) is 144 Å². The summed E-state index contributed by atoms with van der Waals surface area (Å²) in [4.78, 5) is 30.6. The third-order valence-corrected chi connectivity index (χ3v) is 10.2. The molecule has 0 bridgehead atoms. The predicted octanol–water partition coefficient (Wildman–Crippen LogP) is 7.17. The highest BCUT2D eigenvalue weighted by atomic mass is 16.3. The van der Waals surface area contributed by atoms with Gasteiger partial charge in [0.2, 0.25) is 11.8 Å². The van der Waals surface area contributed by atoms with Crippen molar-refractivity contribution in [1.82, 2.24) is 4.90 Å². The molecule has 2 atom stereocenters. The number of nitrogens with two attached hydrogens (primary N) is 1. The van der Waals surface area contributed by atoms with E-state index >= 15 is 4.79 Å². The van der Waals surface area contributed by atoms with Crippen molar-refractivity contribution in [2.75, 3.05) is 0 Å². The molecule has 6 heteroatoms. The van der Waals surface area contributed by atoms with Crippen LogP contribution >= 0.6 is 0 Å². The molecule has 6 nitrogen and oxygen atoms in total. The summed E-state index contributed by atoms with van der Waals surface area (Å²) in [6.45, 7) is 8.27. The minimum absolute atomic E-state index is 0.0245. The number of nitrogens with zero attached hydrogens (tertiary/aromatic N) is 1. The molecule has 0 radical (unpaired) electrons. The van der Waals surface area contributed by atoms with E-state index < -0.39 is 40.5 Å². The number of benzene rings is 4. The van der Waals surface area contributed by atoms with Crippen LogP contribution in [0.25, 0.3) is 0 Å². The van der Waals surface area contributed by atoms with E-state index in [0.717, 1.165) is 0 Å². The number of carbonyl (C=O) groups excluding carboxylic acids is 2. The lowest BCUT2D eigenvalue weighted by atomic mass is 9.65. The number of primary amides is 1. The van der Waals surface area contributed by atoms with Gasteiger partial charge in [-0.3, -0.25) is 9.59 Å². The molecule has 2 amide bonds. The summed E-state index contributed by atoms with van der Waals surface area (Å²) >= 11 is 0. The second-order valence-corrected chi connectivity index (χ2v) is 14.3. The van der Waals surface area contributed by atoms with Crippen molar-refractivity contribution in [1.29, 1.82) is 0 Å². The van der Waals surface area contributed by atoms with Crippen LogP contribution < -0.4 is 5.73 Å². The number of carbonyl (C=O) groups is 2. The van der Waals surface area contributed by atoms with E-state index in [1.165, 1.54) is 0 Å². The van der Waals surface area contributed by atoms with Gasteiger partial charge in [-0.1, -0.05) is 155 Å². The van der Waals surface area contributed by atoms with E-state index in [2.05, 4.69) is 27.7 Å². The quantitative estimate of drug-likeness (QED) is 0.126. The maximum Gasteiger partial charge on any atom is 0.239 e. The van der Waals surface area contributed by atoms with Crippen molar-refractivity contribution in [2.24, 2.45) is 23.0 Å². The van der Waals surface area contributed by atoms with Crippen molar-refractivity contribution in [3.63, 3.8) is 0 Å². The molecular weight excluding hydrogens is 596 g/mol. The maximum absolute atomic E-state index is 15.6. The highest BCUT2D eigenvalue weighted by molar-refractivity contribution is 6.05. The Balaban J connectivity index is 1.90. The molecule has 252 valence electrons. The molecule has 0 aromatic heterocycles. The van der Waals surface area contributed by atoms with Crippen LogP contribution in [0.1, 0.15) is 82.1 Å². The van der Waals surface area contributed by atoms with Crippen LogP contribution in [0.5, 0.6) is 0 Å². The zero-order chi connectivity index (χ0) is 34.5. The first kappa shape index (κ1) is 35.1. The summed E-state index contributed by atoms with van der Waals surface area (Å²) in [5, 5.41) is 27.0. The molecule has 4 aromatic rings. The first-order valence-corrected chi connectivity index (χ1v) is 17.3. The van der Waals surface area contributed by atoms with Crippen LogP contribution in [0.2, 0.25) is 0 Å². The molecule has 1 fully saturated rings. The van der Waals surface area contributed by atoms with E-state index in [4.69, 9.17) is 5.73 Å². The average molecular weight is 647 g/mol. The standard InChI is InChI=1S/C42H50N2O4/c1-30(2)28-36(41(47,32-18-9-5-10-19-32)33-20-11-6-12-21-33)44(39(46)40(38(43)45)26-17-27-40)37(29-31(3)4)42(48,34-22-13-7-14-23-34)35-24-15-8-16-25-35/h5-16,18-25,30-31,36-37,47-48H,17,26-29H2,1-4H3,(H2,43,45). The summed E-state index contributed by atoms with van der Waals surface area (Å²) in [6.07, 6.45) is 2.11. The van der Waals surface area contributed by atoms with Gasteiger partial charge in [0.15, 0.2) is 0 Å². The Hall–Kier alpha value is -4.26. The predicted molar refractivity (Wildman–Crippen MR) is 191 cm³/mol. The zero-order valence-electron chi connectivity index (χ0n) is 28.6. The first-order valence-electron chi connectivity index (χ1n) is 17.3. The Bertz CT molecular complexity index is 1450. The summed E-state index contributed by atoms with van der Waals surface area (Å²) in [7, 11) is 0. The van der Waals surface area contributed by atoms with Gasteiger partial charge in [0.05, 0.1) is 12.1 Å². The molecule has 4 aromatic carbocycles. The Morgan fingerprint density at radius 3 is 1.12 bits per heavy atom. The highest BCUT2D eigenvalue weighted by Crippen LogP contribution is 2.50. The fourth-order valence-corrected chi connectivity index (χ4v) is 7.58. The maximum atomic E-state index is 15.6. The number of amides is 2. The van der Waals surface area contributed by atoms with E-state index in [1.54, 1.807) is 4.90 Å². The number of hydrogen-bond donors (Lipinski definition) is 3. The van der Waals surface area contributed by atoms with Crippen LogP contribution in [0.3, 0.4) is 0 Å². The van der Waals surface area contributed by atoms with Crippen molar-refractivity contribution < 1.29 is 19.8 Å². The molecule has 1 aliphatic rings. The van der Waals surface area contributed by atoms with Crippen LogP contribution in [0.15, 0.2) is 121 Å². The molecule has 48 heavy (non-hydrogen) atoms. The highest BCUT2D eigenvalue weighted by Gasteiger charge is 2.59. The van der Waals surface area contributed by atoms with Gasteiger partial charge in [0.25, 0.3) is 0 Å². The fourth-order valence-electron chi connectivity index (χ4n) is 7.58. The van der Waals surface area contributed by atoms with Crippen molar-refractivity contribution in [3.8, 4) is 0 Å². The second-order valence-electron chi connectivity index (χ2n) is 14.3. The van der Waals surface area contributed by atoms with Gasteiger partial charge in [-0.2, -0.15) is 0 Å². The number of aliphatic hydroxyl groups is 2. The van der Waals surface area contributed by atoms with Crippen LogP contribution in [0.4, 0.5) is 0 Å². The van der Waals surface area contributed by atoms with Crippen molar-refractivity contribution in [2.45, 2.75) is 83.1 Å². The van der Waals surface area contributed by atoms with Crippen LogP contribution in [-0.2, 0) is 20.8 Å². The molecule has 0 spiro atoms. The van der Waals surface area contributed by atoms with E-state index in [9.17, 15) is 15.0 Å². The third kappa shape index (κ3) is 6.44. The first-order chi connectivity index (χ1) is 23.0. The Kier molecular flexibility index (Phi) is 10.6. The Morgan fingerprint density at radius 2 is 0.917 bits per heavy atom. The zero-order valence-corrected chi connectivity index (χ0v) is 28.6. The monoisotopic (exact) mass is 646 g/mol. The average Bonchev–Trinajstić information content (AvgIpc) is 3.07. The SMILES string of the molecule is CC(C)CC(N(C(=O)C1(C(N)=O)CCC1)C(CC(C)C)C(O)(c1ccccc1)c1ccccc1)C(O)(c1ccccc1)c1ccccc1. The smallest absolute Gasteiger partial charge is 0.239 e. The lowest BCUT2D eigenvalue weighted by Gasteiger charge is -2.55. The Morgan fingerprint density at radius 1 is 0.625 bits per heavy atom. The van der Waals surface area contributed by atoms with Gasteiger partial charge in [-0.15, -0.1) is 0 Å². The molecule has 2 unspecified atom stereocenters. The van der Waals surface area contributed by atoms with Crippen molar-refractivity contribution >= 4 is 11.8 Å². The van der Waals surface area contributed by atoms with Crippen LogP contribution in [-0.4, -0.2) is 39.0 Å². The molecule has 0 saturated heterocycles. The van der Waals surface area contributed by atoms with Gasteiger partial charge in [-0.05, 0) is 59.8 Å². The van der Waals surface area contributed by atoms with Gasteiger partial charge < -0.3 is 20.8 Å². The Labute approximate surface area is 285 Å². The lowest BCUT2D eigenvalue weighted by Crippen LogP contribution is -2.67. The molecule has 5 rings (SSSR count). The molecule has 0 heterocycles. The van der Waals surface area contributed by atoms with E-state index in [1.807, 2.05) is 121 Å². The van der Waals surface area contributed by atoms with Gasteiger partial charge in [0, 0.05) is 0 Å². The summed E-state index contributed by atoms with van der Waals surface area (Å²) < 4.78 is 0. The summed E-state index contributed by atoms with van der Waals surface area (Å²) in [6, 6.07) is 35.9. The molecule has 1 aliphatic carbocycles. The minimum atomic E-state index is -1.71. The molecule has 0 aliphatic heterocycles. The number of hydrogen-bond acceptors (Lipinski definition) is 4. The van der Waals surface area contributed by atoms with Gasteiger partial charge >= 0.3 is 0 Å². The minimum Gasteiger partial charge on any atom is -0.378 e. The van der Waals surface area contributed by atoms with E-state index in [0.29, 0.717) is 54.4 Å². The van der Waals surface area contributed by atoms with E-state index in [-0.39, 0.29) is 11.8 Å². The fraction of sp³-hybridized carbons (Fsp3) is 0.381. The lowest BCUT2D eigenvalue weighted by molar-refractivity contribution is -0.174. The van der Waals surface area contributed by atoms with Gasteiger partial charge in [-0.25, -0.2) is 0 Å². The second kappa shape index (κ2) is 14.5. The third-order valence-electron chi connectivity index (χ3n) is 10.2. The van der Waals surface area contributed by atoms with Crippen LogP contribution in [0, 0.1) is 17.3 Å². The topological polar surface area (TPSA) is 104 Å².